The molecule has 1 fully saturated rings. The first-order chi connectivity index (χ1) is 16.3. The molecule has 0 saturated carbocycles. The van der Waals surface area contributed by atoms with Crippen LogP contribution in [0.5, 0.6) is 0 Å². The van der Waals surface area contributed by atoms with Crippen molar-refractivity contribution in [1.29, 1.82) is 0 Å². The van der Waals surface area contributed by atoms with Gasteiger partial charge in [0.1, 0.15) is 18.7 Å². The summed E-state index contributed by atoms with van der Waals surface area (Å²) < 4.78 is 1.68. The fourth-order valence-corrected chi connectivity index (χ4v) is 4.75. The zero-order valence-electron chi connectivity index (χ0n) is 19.0. The van der Waals surface area contributed by atoms with Gasteiger partial charge >= 0.3 is 0 Å². The number of hydrogen-bond donors (Lipinski definition) is 1. The van der Waals surface area contributed by atoms with Crippen LogP contribution in [-0.2, 0) is 11.3 Å². The topological polar surface area (TPSA) is 79.2 Å². The van der Waals surface area contributed by atoms with Crippen molar-refractivity contribution in [2.75, 3.05) is 42.5 Å². The van der Waals surface area contributed by atoms with E-state index in [4.69, 9.17) is 0 Å². The van der Waals surface area contributed by atoms with Crippen LogP contribution in [0.25, 0.3) is 11.0 Å². The molecule has 5 rings (SSSR count). The molecule has 2 aliphatic rings. The smallest absolute Gasteiger partial charge is 0.241 e. The third kappa shape index (κ3) is 4.99. The van der Waals surface area contributed by atoms with E-state index in [-0.39, 0.29) is 12.5 Å². The molecule has 1 aromatic carbocycles. The summed E-state index contributed by atoms with van der Waals surface area (Å²) in [4.78, 5) is 26.2. The zero-order valence-corrected chi connectivity index (χ0v) is 19.0. The van der Waals surface area contributed by atoms with E-state index >= 15 is 0 Å². The van der Waals surface area contributed by atoms with E-state index in [1.165, 1.54) is 36.9 Å². The molecule has 1 saturated heterocycles. The van der Waals surface area contributed by atoms with Crippen LogP contribution < -0.4 is 15.1 Å². The minimum absolute atomic E-state index is 0.0342. The lowest BCUT2D eigenvalue weighted by Crippen LogP contribution is -2.46. The molecule has 8 nitrogen and oxygen atoms in total. The lowest BCUT2D eigenvalue weighted by Gasteiger charge is -2.36. The molecule has 3 heterocycles. The first-order valence-corrected chi connectivity index (χ1v) is 11.9. The molecule has 0 spiro atoms. The Morgan fingerprint density at radius 3 is 2.61 bits per heavy atom. The molecule has 0 atom stereocenters. The quantitative estimate of drug-likeness (QED) is 0.563. The molecule has 0 bridgehead atoms. The lowest BCUT2D eigenvalue weighted by atomic mass is 9.97. The average molecular weight is 446 g/mol. The molecule has 2 aromatic heterocycles. The van der Waals surface area contributed by atoms with Gasteiger partial charge in [-0.05, 0) is 44.2 Å². The number of rotatable bonds is 7. The maximum atomic E-state index is 12.5. The molecule has 172 valence electrons. The largest absolute Gasteiger partial charge is 0.368 e. The second-order valence-corrected chi connectivity index (χ2v) is 8.75. The van der Waals surface area contributed by atoms with Gasteiger partial charge in [-0.1, -0.05) is 29.8 Å². The summed E-state index contributed by atoms with van der Waals surface area (Å²) >= 11 is 0. The highest BCUT2D eigenvalue weighted by Crippen LogP contribution is 2.25. The van der Waals surface area contributed by atoms with Gasteiger partial charge in [0.25, 0.3) is 0 Å². The molecule has 1 aliphatic heterocycles. The predicted octanol–water partition coefficient (Wildman–Crippen LogP) is 3.16. The van der Waals surface area contributed by atoms with Crippen LogP contribution >= 0.6 is 0 Å². The van der Waals surface area contributed by atoms with E-state index < -0.39 is 0 Å². The standard InChI is InChI=1S/C25H31N7O/c33-23(26-12-11-20-7-3-1-4-8-20)18-32-25-22(17-29-32)24(27-19-28-25)31-15-13-30(14-16-31)21-9-5-2-6-10-21/h2,5-7,9-10,17,19H,1,3-4,8,11-16,18H2,(H,26,33). The molecule has 0 unspecified atom stereocenters. The third-order valence-corrected chi connectivity index (χ3v) is 6.56. The van der Waals surface area contributed by atoms with E-state index in [1.54, 1.807) is 17.2 Å². The number of nitrogens with one attached hydrogen (secondary N) is 1. The molecular formula is C25H31N7O. The van der Waals surface area contributed by atoms with E-state index in [1.807, 2.05) is 6.07 Å². The molecule has 1 amide bonds. The Bertz CT molecular complexity index is 1120. The maximum absolute atomic E-state index is 12.5. The molecule has 33 heavy (non-hydrogen) atoms. The number of carbonyl (C=O) groups excluding carboxylic acids is 1. The van der Waals surface area contributed by atoms with Crippen LogP contribution in [0.2, 0.25) is 0 Å². The van der Waals surface area contributed by atoms with Gasteiger partial charge in [0, 0.05) is 38.4 Å². The van der Waals surface area contributed by atoms with Crippen LogP contribution in [-0.4, -0.2) is 58.4 Å². The van der Waals surface area contributed by atoms with Crippen molar-refractivity contribution in [3.63, 3.8) is 0 Å². The van der Waals surface area contributed by atoms with Gasteiger partial charge in [0.15, 0.2) is 5.65 Å². The van der Waals surface area contributed by atoms with Crippen molar-refractivity contribution < 1.29 is 4.79 Å². The van der Waals surface area contributed by atoms with Crippen LogP contribution in [0, 0.1) is 0 Å². The van der Waals surface area contributed by atoms with Crippen LogP contribution in [0.1, 0.15) is 32.1 Å². The molecule has 0 radical (unpaired) electrons. The fourth-order valence-electron chi connectivity index (χ4n) is 4.75. The van der Waals surface area contributed by atoms with Gasteiger partial charge in [-0.15, -0.1) is 0 Å². The van der Waals surface area contributed by atoms with E-state index in [0.717, 1.165) is 43.8 Å². The van der Waals surface area contributed by atoms with Crippen LogP contribution in [0.15, 0.2) is 54.5 Å². The van der Waals surface area contributed by atoms with E-state index in [9.17, 15) is 4.79 Å². The van der Waals surface area contributed by atoms with Gasteiger partial charge in [-0.2, -0.15) is 5.10 Å². The first-order valence-electron chi connectivity index (χ1n) is 11.9. The number of nitrogens with zero attached hydrogens (tertiary/aromatic N) is 6. The second kappa shape index (κ2) is 10.0. The number of allylic oxidation sites excluding steroid dienone is 1. The number of amides is 1. The maximum Gasteiger partial charge on any atom is 0.241 e. The SMILES string of the molecule is O=C(Cn1ncc2c(N3CCN(c4ccccc4)CC3)ncnc21)NCCC1=CCCCC1. The van der Waals surface area contributed by atoms with Crippen molar-refractivity contribution in [3.8, 4) is 0 Å². The Labute approximate surface area is 194 Å². The minimum Gasteiger partial charge on any atom is -0.368 e. The summed E-state index contributed by atoms with van der Waals surface area (Å²) in [5.74, 6) is 0.858. The van der Waals surface area contributed by atoms with Crippen molar-refractivity contribution in [2.45, 2.75) is 38.6 Å². The molecule has 1 aliphatic carbocycles. The number of carbonyl (C=O) groups is 1. The Balaban J connectivity index is 1.20. The number of hydrogen-bond acceptors (Lipinski definition) is 6. The highest BCUT2D eigenvalue weighted by atomic mass is 16.2. The van der Waals surface area contributed by atoms with Gasteiger partial charge in [-0.25, -0.2) is 14.6 Å². The van der Waals surface area contributed by atoms with Crippen LogP contribution in [0.3, 0.4) is 0 Å². The normalized spacial score (nSPS) is 16.7. The van der Waals surface area contributed by atoms with Crippen molar-refractivity contribution in [3.05, 3.63) is 54.5 Å². The Morgan fingerprint density at radius 1 is 1.00 bits per heavy atom. The lowest BCUT2D eigenvalue weighted by molar-refractivity contribution is -0.121. The number of anilines is 2. The minimum atomic E-state index is -0.0342. The summed E-state index contributed by atoms with van der Waals surface area (Å²) in [6, 6.07) is 10.5. The Hall–Kier alpha value is -3.42. The van der Waals surface area contributed by atoms with Crippen LogP contribution in [0.4, 0.5) is 11.5 Å². The predicted molar refractivity (Wildman–Crippen MR) is 130 cm³/mol. The van der Waals surface area contributed by atoms with Gasteiger partial charge in [0.2, 0.25) is 5.91 Å². The average Bonchev–Trinajstić information content (AvgIpc) is 3.28. The Kier molecular flexibility index (Phi) is 6.51. The van der Waals surface area contributed by atoms with E-state index in [0.29, 0.717) is 12.2 Å². The second-order valence-electron chi connectivity index (χ2n) is 8.75. The van der Waals surface area contributed by atoms with Crippen molar-refractivity contribution in [1.82, 2.24) is 25.1 Å². The zero-order chi connectivity index (χ0) is 22.5. The third-order valence-electron chi connectivity index (χ3n) is 6.56. The number of fused-ring (bicyclic) bond motifs is 1. The van der Waals surface area contributed by atoms with Gasteiger partial charge < -0.3 is 15.1 Å². The van der Waals surface area contributed by atoms with Gasteiger partial charge in [0.05, 0.1) is 11.6 Å². The summed E-state index contributed by atoms with van der Waals surface area (Å²) in [7, 11) is 0. The summed E-state index contributed by atoms with van der Waals surface area (Å²) in [5, 5.41) is 8.38. The van der Waals surface area contributed by atoms with E-state index in [2.05, 4.69) is 60.5 Å². The van der Waals surface area contributed by atoms with Gasteiger partial charge in [-0.3, -0.25) is 4.79 Å². The fraction of sp³-hybridized carbons (Fsp3) is 0.440. The molecule has 8 heteroatoms. The highest BCUT2D eigenvalue weighted by Gasteiger charge is 2.22. The highest BCUT2D eigenvalue weighted by molar-refractivity contribution is 5.88. The molecule has 1 N–H and O–H groups in total. The number of benzene rings is 1. The number of aromatic nitrogens is 4. The molecular weight excluding hydrogens is 414 g/mol. The monoisotopic (exact) mass is 445 g/mol. The van der Waals surface area contributed by atoms with Crippen molar-refractivity contribution in [2.24, 2.45) is 0 Å². The number of piperazine rings is 1. The summed E-state index contributed by atoms with van der Waals surface area (Å²) in [6.45, 7) is 4.46. The molecule has 3 aromatic rings. The summed E-state index contributed by atoms with van der Waals surface area (Å²) in [6.07, 6.45) is 11.5. The Morgan fingerprint density at radius 2 is 1.82 bits per heavy atom. The summed E-state index contributed by atoms with van der Waals surface area (Å²) in [5.41, 5.74) is 3.43. The number of para-hydroxylation sites is 1. The van der Waals surface area contributed by atoms with Crippen molar-refractivity contribution >= 4 is 28.4 Å². The first kappa shape index (κ1) is 21.4.